The summed E-state index contributed by atoms with van der Waals surface area (Å²) in [6, 6.07) is 0. The second-order valence-corrected chi connectivity index (χ2v) is 0.519. The van der Waals surface area contributed by atoms with E-state index in [9.17, 15) is 0 Å². The van der Waals surface area contributed by atoms with Gasteiger partial charge in [0.15, 0.2) is 0 Å². The topological polar surface area (TPSA) is 37.3 Å². The van der Waals surface area contributed by atoms with Crippen LogP contribution in [0.1, 0.15) is 22.6 Å². The van der Waals surface area contributed by atoms with E-state index in [-0.39, 0.29) is 341 Å². The summed E-state index contributed by atoms with van der Waals surface area (Å²) in [4.78, 5) is 9.00. The fourth-order valence-corrected chi connectivity index (χ4v) is 0. The van der Waals surface area contributed by atoms with Gasteiger partial charge in [-0.2, -0.15) is 0 Å². The summed E-state index contributed by atoms with van der Waals surface area (Å²) in [5.74, 6) is -0.833. The van der Waals surface area contributed by atoms with Gasteiger partial charge in [0.25, 0.3) is 5.97 Å². The molecule has 0 amide bonds. The van der Waals surface area contributed by atoms with E-state index < -0.39 is 5.97 Å². The summed E-state index contributed by atoms with van der Waals surface area (Å²) in [6.07, 6.45) is 0. The van der Waals surface area contributed by atoms with Crippen LogP contribution in [0.25, 0.3) is 0 Å². The molecule has 0 aliphatic carbocycles. The van der Waals surface area contributed by atoms with Gasteiger partial charge in [-0.1, -0.05) is 0 Å². The zero-order chi connectivity index (χ0) is 3.58. The summed E-state index contributed by atoms with van der Waals surface area (Å²) < 4.78 is 0. The van der Waals surface area contributed by atoms with Gasteiger partial charge in [-0.15, -0.1) is 0 Å². The van der Waals surface area contributed by atoms with Crippen molar-refractivity contribution in [1.29, 1.82) is 0 Å². The zero-order valence-electron chi connectivity index (χ0n) is 24.4. The van der Waals surface area contributed by atoms with Crippen molar-refractivity contribution in [2.24, 2.45) is 0 Å². The third-order valence-electron chi connectivity index (χ3n) is 0. The Morgan fingerprint density at radius 3 is 0.667 bits per heavy atom. The van der Waals surface area contributed by atoms with Crippen molar-refractivity contribution in [2.45, 2.75) is 6.92 Å². The Morgan fingerprint density at radius 2 is 0.667 bits per heavy atom. The van der Waals surface area contributed by atoms with E-state index in [0.29, 0.717) is 0 Å². The van der Waals surface area contributed by atoms with Crippen molar-refractivity contribution in [3.05, 3.63) is 0 Å². The van der Waals surface area contributed by atoms with Crippen LogP contribution in [0.15, 0.2) is 0 Å². The number of carboxylic acid groups (broad SMARTS) is 1. The minimum atomic E-state index is -0.833. The Bertz CT molecular complexity index is 65.1. The Morgan fingerprint density at radius 1 is 0.667 bits per heavy atom. The van der Waals surface area contributed by atoms with Gasteiger partial charge in [-0.05, 0) is 0 Å². The summed E-state index contributed by atoms with van der Waals surface area (Å²) in [7, 11) is 0. The first-order valence-electron chi connectivity index (χ1n) is 0.928. The average Bonchev–Trinajstić information content (AvgIpc) is 0.811. The Labute approximate surface area is 353 Å². The normalized spacial score (nSPS) is 1.67. The molecule has 46 valence electrons. The standard InChI is InChI=1S/C2H4O2.11Na.11H/c1-2(3)4;;;;;;;;;;;;;;;;;;;;;;/h1H3,(H,3,4);;;;;;;;;;;;;;;;;;;;;;/q;11*+1;11*-1. The molecule has 0 spiro atoms. The second kappa shape index (κ2) is 74.3. The van der Waals surface area contributed by atoms with Gasteiger partial charge in [0.05, 0.1) is 0 Å². The van der Waals surface area contributed by atoms with E-state index >= 15 is 0 Å². The maximum absolute atomic E-state index is 9.00. The van der Waals surface area contributed by atoms with Crippen molar-refractivity contribution < 1.29 is 351 Å². The van der Waals surface area contributed by atoms with E-state index in [1.807, 2.05) is 0 Å². The first-order chi connectivity index (χ1) is 1.73. The van der Waals surface area contributed by atoms with E-state index in [0.717, 1.165) is 6.92 Å². The van der Waals surface area contributed by atoms with Gasteiger partial charge >= 0.3 is 325 Å². The molecule has 0 fully saturated rings. The van der Waals surface area contributed by atoms with Crippen LogP contribution in [0.2, 0.25) is 0 Å². The van der Waals surface area contributed by atoms with Crippen LogP contribution in [0.5, 0.6) is 0 Å². The minimum absolute atomic E-state index is 0. The molecule has 0 saturated carbocycles. The third kappa shape index (κ3) is 113. The smallest absolute Gasteiger partial charge is 1.00 e. The largest absolute Gasteiger partial charge is 1.00 e. The van der Waals surface area contributed by atoms with Gasteiger partial charge in [-0.25, -0.2) is 0 Å². The Kier molecular flexibility index (Phi) is 416. The molecule has 0 saturated heterocycles. The SMILES string of the molecule is CC(=O)O.[H-].[H-].[H-].[H-].[H-].[H-].[H-].[H-].[H-].[H-].[H-].[Na+].[Na+].[Na+].[Na+].[Na+].[Na+].[Na+].[Na+].[Na+].[Na+].[Na+]. The molecule has 0 radical (unpaired) electrons. The molecule has 15 heavy (non-hydrogen) atoms. The van der Waals surface area contributed by atoms with Gasteiger partial charge in [0.1, 0.15) is 0 Å². The minimum Gasteiger partial charge on any atom is -1.00 e. The first kappa shape index (κ1) is 84.1. The number of carbonyl (C=O) groups is 1. The molecule has 0 aromatic heterocycles. The molecule has 13 heteroatoms. The van der Waals surface area contributed by atoms with E-state index in [1.165, 1.54) is 0 Å². The maximum Gasteiger partial charge on any atom is 1.00 e. The van der Waals surface area contributed by atoms with Gasteiger partial charge < -0.3 is 20.8 Å². The summed E-state index contributed by atoms with van der Waals surface area (Å²) in [5, 5.41) is 7.42. The molecule has 0 atom stereocenters. The van der Waals surface area contributed by atoms with Crippen molar-refractivity contribution in [3.63, 3.8) is 0 Å². The van der Waals surface area contributed by atoms with Crippen LogP contribution >= 0.6 is 0 Å². The van der Waals surface area contributed by atoms with Crippen molar-refractivity contribution in [3.8, 4) is 0 Å². The van der Waals surface area contributed by atoms with Crippen LogP contribution in [0, 0.1) is 0 Å². The molecule has 0 rings (SSSR count). The van der Waals surface area contributed by atoms with Gasteiger partial charge in [0.2, 0.25) is 0 Å². The van der Waals surface area contributed by atoms with Gasteiger partial charge in [-0.3, -0.25) is 4.79 Å². The quantitative estimate of drug-likeness (QED) is 0.450. The summed E-state index contributed by atoms with van der Waals surface area (Å²) in [6.45, 7) is 1.08. The van der Waals surface area contributed by atoms with E-state index in [4.69, 9.17) is 9.90 Å². The number of rotatable bonds is 0. The monoisotopic (exact) mass is 324 g/mol. The fraction of sp³-hybridized carbons (Fsp3) is 0.500. The Hall–Kier alpha value is 10.5. The van der Waals surface area contributed by atoms with E-state index in [2.05, 4.69) is 0 Å². The van der Waals surface area contributed by atoms with Crippen LogP contribution in [0.3, 0.4) is 0 Å². The van der Waals surface area contributed by atoms with E-state index in [1.54, 1.807) is 0 Å². The summed E-state index contributed by atoms with van der Waals surface area (Å²) in [5.41, 5.74) is 0. The van der Waals surface area contributed by atoms with Crippen molar-refractivity contribution in [2.75, 3.05) is 0 Å². The predicted octanol–water partition coefficient (Wildman–Crippen LogP) is -31.6. The molecule has 0 heterocycles. The second-order valence-electron chi connectivity index (χ2n) is 0.519. The van der Waals surface area contributed by atoms with Crippen LogP contribution < -0.4 is 325 Å². The predicted molar refractivity (Wildman–Crippen MR) is 25.5 cm³/mol. The van der Waals surface area contributed by atoms with Gasteiger partial charge in [0, 0.05) is 6.92 Å². The molecule has 0 aliphatic rings. The van der Waals surface area contributed by atoms with Crippen LogP contribution in [-0.2, 0) is 4.79 Å². The molecule has 0 aromatic rings. The maximum atomic E-state index is 9.00. The molecule has 0 aliphatic heterocycles. The number of hydrogen-bond acceptors (Lipinski definition) is 1. The summed E-state index contributed by atoms with van der Waals surface area (Å²) >= 11 is 0. The third-order valence-corrected chi connectivity index (χ3v) is 0. The van der Waals surface area contributed by atoms with Crippen molar-refractivity contribution in [1.82, 2.24) is 0 Å². The first-order valence-corrected chi connectivity index (χ1v) is 0.928. The average molecular weight is 324 g/mol. The molecule has 1 N–H and O–H groups in total. The van der Waals surface area contributed by atoms with Crippen LogP contribution in [0.4, 0.5) is 0 Å². The van der Waals surface area contributed by atoms with Crippen LogP contribution in [-0.4, -0.2) is 11.1 Å². The molecular weight excluding hydrogens is 309 g/mol. The molecule has 2 nitrogen and oxygen atoms in total. The fourth-order valence-electron chi connectivity index (χ4n) is 0. The molecular formula is C2H15Na11O2. The Balaban J connectivity index is -0.000000000195. The molecule has 0 aromatic carbocycles. The van der Waals surface area contributed by atoms with Crippen molar-refractivity contribution >= 4 is 5.97 Å². The zero-order valence-corrected chi connectivity index (χ0v) is 35.4. The number of aliphatic carboxylic acids is 1. The number of carboxylic acids is 1. The number of hydrogen-bond donors (Lipinski definition) is 1. The molecule has 0 bridgehead atoms. The molecule has 0 unspecified atom stereocenters.